The summed E-state index contributed by atoms with van der Waals surface area (Å²) in [5.41, 5.74) is -0.213. The van der Waals surface area contributed by atoms with E-state index in [0.29, 0.717) is 19.4 Å². The predicted octanol–water partition coefficient (Wildman–Crippen LogP) is 2.02. The van der Waals surface area contributed by atoms with Gasteiger partial charge < -0.3 is 10.2 Å². The number of carbonyl (C=O) groups excluding carboxylic acids is 1. The van der Waals surface area contributed by atoms with Crippen molar-refractivity contribution in [2.45, 2.75) is 51.0 Å². The van der Waals surface area contributed by atoms with Crippen molar-refractivity contribution >= 4 is 5.91 Å². The van der Waals surface area contributed by atoms with Gasteiger partial charge in [-0.1, -0.05) is 0 Å². The minimum Gasteiger partial charge on any atom is -0.335 e. The average molecular weight is 260 g/mol. The summed E-state index contributed by atoms with van der Waals surface area (Å²) in [6.07, 6.45) is 0.365. The fraction of sp³-hybridized carbons (Fsp3) is 0.923. The standard InChI is InChI=1S/C13H22F2N2O/c1-12(2)9-16-7-8-17(12)11(18)10-3-5-13(14,15)6-4-10/h10,16H,3-9H2,1-2H3. The van der Waals surface area contributed by atoms with Gasteiger partial charge in [0.1, 0.15) is 0 Å². The molecule has 104 valence electrons. The molecule has 1 aliphatic heterocycles. The number of halogens is 2. The average Bonchev–Trinajstić information content (AvgIpc) is 2.27. The Hall–Kier alpha value is -0.710. The van der Waals surface area contributed by atoms with Crippen molar-refractivity contribution in [1.82, 2.24) is 10.2 Å². The highest BCUT2D eigenvalue weighted by Gasteiger charge is 2.41. The minimum absolute atomic E-state index is 0.0667. The first-order valence-corrected chi connectivity index (χ1v) is 6.72. The molecule has 1 N–H and O–H groups in total. The Bertz CT molecular complexity index is 321. The van der Waals surface area contributed by atoms with Crippen LogP contribution in [-0.2, 0) is 4.79 Å². The predicted molar refractivity (Wildman–Crippen MR) is 65.6 cm³/mol. The Morgan fingerprint density at radius 1 is 1.28 bits per heavy atom. The first-order valence-electron chi connectivity index (χ1n) is 6.72. The van der Waals surface area contributed by atoms with E-state index in [-0.39, 0.29) is 30.2 Å². The highest BCUT2D eigenvalue weighted by molar-refractivity contribution is 5.80. The molecule has 1 saturated heterocycles. The van der Waals surface area contributed by atoms with Gasteiger partial charge in [-0.2, -0.15) is 0 Å². The monoisotopic (exact) mass is 260 g/mol. The summed E-state index contributed by atoms with van der Waals surface area (Å²) in [5, 5.41) is 3.26. The molecule has 1 saturated carbocycles. The van der Waals surface area contributed by atoms with Crippen LogP contribution >= 0.6 is 0 Å². The van der Waals surface area contributed by atoms with Gasteiger partial charge in [0.15, 0.2) is 0 Å². The molecule has 3 nitrogen and oxygen atoms in total. The molecule has 0 radical (unpaired) electrons. The molecule has 0 atom stereocenters. The van der Waals surface area contributed by atoms with Gasteiger partial charge in [0.05, 0.1) is 0 Å². The van der Waals surface area contributed by atoms with Gasteiger partial charge >= 0.3 is 0 Å². The van der Waals surface area contributed by atoms with Gasteiger partial charge in [-0.3, -0.25) is 4.79 Å². The third kappa shape index (κ3) is 2.82. The molecular formula is C13H22F2N2O. The topological polar surface area (TPSA) is 32.3 Å². The number of amides is 1. The fourth-order valence-corrected chi connectivity index (χ4v) is 2.90. The van der Waals surface area contributed by atoms with Crippen LogP contribution in [0.15, 0.2) is 0 Å². The Morgan fingerprint density at radius 3 is 2.44 bits per heavy atom. The highest BCUT2D eigenvalue weighted by Crippen LogP contribution is 2.37. The summed E-state index contributed by atoms with van der Waals surface area (Å²) in [6.45, 7) is 6.28. The first-order chi connectivity index (χ1) is 8.32. The van der Waals surface area contributed by atoms with Crippen LogP contribution in [0.25, 0.3) is 0 Å². The van der Waals surface area contributed by atoms with Gasteiger partial charge in [0, 0.05) is 43.9 Å². The normalized spacial score (nSPS) is 28.1. The van der Waals surface area contributed by atoms with Crippen LogP contribution in [0.4, 0.5) is 8.78 Å². The lowest BCUT2D eigenvalue weighted by Gasteiger charge is -2.45. The number of alkyl halides is 2. The Kier molecular flexibility index (Phi) is 3.63. The van der Waals surface area contributed by atoms with Crippen LogP contribution in [-0.4, -0.2) is 41.9 Å². The van der Waals surface area contributed by atoms with Crippen LogP contribution in [0.5, 0.6) is 0 Å². The molecule has 0 aromatic rings. The summed E-state index contributed by atoms with van der Waals surface area (Å²) in [7, 11) is 0. The number of nitrogens with zero attached hydrogens (tertiary/aromatic N) is 1. The molecule has 1 heterocycles. The maximum Gasteiger partial charge on any atom is 0.248 e. The second-order valence-electron chi connectivity index (χ2n) is 6.11. The van der Waals surface area contributed by atoms with Gasteiger partial charge in [-0.15, -0.1) is 0 Å². The van der Waals surface area contributed by atoms with Gasteiger partial charge in [-0.05, 0) is 26.7 Å². The van der Waals surface area contributed by atoms with Crippen LogP contribution in [0.1, 0.15) is 39.5 Å². The Labute approximate surface area is 107 Å². The molecule has 2 aliphatic rings. The summed E-state index contributed by atoms with van der Waals surface area (Å²) >= 11 is 0. The molecular weight excluding hydrogens is 238 g/mol. The zero-order valence-electron chi connectivity index (χ0n) is 11.1. The van der Waals surface area contributed by atoms with Crippen LogP contribution in [0.2, 0.25) is 0 Å². The maximum atomic E-state index is 13.1. The van der Waals surface area contributed by atoms with Gasteiger partial charge in [-0.25, -0.2) is 8.78 Å². The smallest absolute Gasteiger partial charge is 0.248 e. The van der Waals surface area contributed by atoms with Crippen molar-refractivity contribution < 1.29 is 13.6 Å². The number of piperazine rings is 1. The number of carbonyl (C=O) groups is 1. The van der Waals surface area contributed by atoms with Crippen LogP contribution < -0.4 is 5.32 Å². The second kappa shape index (κ2) is 4.76. The number of hydrogen-bond donors (Lipinski definition) is 1. The summed E-state index contributed by atoms with van der Waals surface area (Å²) < 4.78 is 26.2. The molecule has 18 heavy (non-hydrogen) atoms. The minimum atomic E-state index is -2.56. The molecule has 0 aromatic heterocycles. The number of hydrogen-bond acceptors (Lipinski definition) is 2. The van der Waals surface area contributed by atoms with E-state index in [0.717, 1.165) is 13.1 Å². The number of nitrogens with one attached hydrogen (secondary N) is 1. The zero-order chi connectivity index (χ0) is 13.4. The van der Waals surface area contributed by atoms with E-state index < -0.39 is 5.92 Å². The summed E-state index contributed by atoms with van der Waals surface area (Å²) in [5.74, 6) is -2.70. The Balaban J connectivity index is 1.99. The molecule has 2 rings (SSSR count). The van der Waals surface area contributed by atoms with E-state index in [2.05, 4.69) is 5.32 Å². The molecule has 1 aliphatic carbocycles. The first kappa shape index (κ1) is 13.7. The quantitative estimate of drug-likeness (QED) is 0.782. The molecule has 5 heteroatoms. The molecule has 0 aromatic carbocycles. The lowest BCUT2D eigenvalue weighted by molar-refractivity contribution is -0.146. The van der Waals surface area contributed by atoms with Crippen molar-refractivity contribution in [2.75, 3.05) is 19.6 Å². The van der Waals surface area contributed by atoms with E-state index in [1.54, 1.807) is 0 Å². The summed E-state index contributed by atoms with van der Waals surface area (Å²) in [6, 6.07) is 0. The lowest BCUT2D eigenvalue weighted by Crippen LogP contribution is -2.61. The molecule has 0 spiro atoms. The molecule has 2 fully saturated rings. The third-order valence-corrected chi connectivity index (χ3v) is 4.13. The number of rotatable bonds is 1. The van der Waals surface area contributed by atoms with Crippen molar-refractivity contribution in [3.8, 4) is 0 Å². The van der Waals surface area contributed by atoms with Gasteiger partial charge in [0.25, 0.3) is 0 Å². The van der Waals surface area contributed by atoms with Crippen molar-refractivity contribution in [3.05, 3.63) is 0 Å². The Morgan fingerprint density at radius 2 is 1.89 bits per heavy atom. The SMILES string of the molecule is CC1(C)CNCCN1C(=O)C1CCC(F)(F)CC1. The van der Waals surface area contributed by atoms with E-state index in [4.69, 9.17) is 0 Å². The zero-order valence-corrected chi connectivity index (χ0v) is 11.1. The highest BCUT2D eigenvalue weighted by atomic mass is 19.3. The maximum absolute atomic E-state index is 13.1. The van der Waals surface area contributed by atoms with Crippen molar-refractivity contribution in [1.29, 1.82) is 0 Å². The fourth-order valence-electron chi connectivity index (χ4n) is 2.90. The lowest BCUT2D eigenvalue weighted by atomic mass is 9.84. The molecule has 0 unspecified atom stereocenters. The second-order valence-corrected chi connectivity index (χ2v) is 6.11. The third-order valence-electron chi connectivity index (χ3n) is 4.13. The van der Waals surface area contributed by atoms with E-state index >= 15 is 0 Å². The van der Waals surface area contributed by atoms with E-state index in [1.165, 1.54) is 0 Å². The van der Waals surface area contributed by atoms with E-state index in [9.17, 15) is 13.6 Å². The van der Waals surface area contributed by atoms with Gasteiger partial charge in [0.2, 0.25) is 11.8 Å². The van der Waals surface area contributed by atoms with Crippen LogP contribution in [0, 0.1) is 5.92 Å². The largest absolute Gasteiger partial charge is 0.335 e. The molecule has 1 amide bonds. The van der Waals surface area contributed by atoms with Crippen molar-refractivity contribution in [2.24, 2.45) is 5.92 Å². The van der Waals surface area contributed by atoms with Crippen molar-refractivity contribution in [3.63, 3.8) is 0 Å². The molecule has 0 bridgehead atoms. The van der Waals surface area contributed by atoms with E-state index in [1.807, 2.05) is 18.7 Å². The van der Waals surface area contributed by atoms with Crippen LogP contribution in [0.3, 0.4) is 0 Å². The summed E-state index contributed by atoms with van der Waals surface area (Å²) in [4.78, 5) is 14.3.